The molecule has 0 aromatic carbocycles. The molecule has 1 N–H and O–H groups in total. The number of rotatable bonds is 2. The van der Waals surface area contributed by atoms with Gasteiger partial charge in [0.25, 0.3) is 0 Å². The highest BCUT2D eigenvalue weighted by molar-refractivity contribution is 5.48. The lowest BCUT2D eigenvalue weighted by atomic mass is 9.93. The fraction of sp³-hybridized carbons (Fsp3) is 0.636. The van der Waals surface area contributed by atoms with Crippen molar-refractivity contribution in [3.63, 3.8) is 0 Å². The second-order valence-corrected chi connectivity index (χ2v) is 4.27. The maximum absolute atomic E-state index is 4.35. The predicted octanol–water partition coefficient (Wildman–Crippen LogP) is 1.93. The van der Waals surface area contributed by atoms with E-state index < -0.39 is 0 Å². The summed E-state index contributed by atoms with van der Waals surface area (Å²) in [5.74, 6) is 1.11. The van der Waals surface area contributed by atoms with Gasteiger partial charge in [-0.1, -0.05) is 0 Å². The highest BCUT2D eigenvalue weighted by Gasteiger charge is 2.22. The van der Waals surface area contributed by atoms with Gasteiger partial charge in [0.1, 0.15) is 12.1 Å². The Hall–Kier alpha value is -1.12. The third-order valence-corrected chi connectivity index (χ3v) is 3.32. The molecule has 0 spiro atoms. The number of aryl methyl sites for hydroxylation is 1. The number of nitrogens with zero attached hydrogens (tertiary/aromatic N) is 2. The van der Waals surface area contributed by atoms with Gasteiger partial charge in [0.05, 0.1) is 0 Å². The van der Waals surface area contributed by atoms with Gasteiger partial charge < -0.3 is 5.32 Å². The summed E-state index contributed by atoms with van der Waals surface area (Å²) in [7, 11) is 0. The second-order valence-electron chi connectivity index (χ2n) is 4.27. The Morgan fingerprint density at radius 2 is 2.07 bits per heavy atom. The van der Waals surface area contributed by atoms with Gasteiger partial charge in [-0.05, 0) is 38.5 Å². The molecule has 1 fully saturated rings. The van der Waals surface area contributed by atoms with Gasteiger partial charge in [-0.3, -0.25) is 0 Å². The lowest BCUT2D eigenvalue weighted by Gasteiger charge is -2.27. The van der Waals surface area contributed by atoms with Crippen LogP contribution in [0, 0.1) is 0 Å². The Kier molecular flexibility index (Phi) is 1.89. The summed E-state index contributed by atoms with van der Waals surface area (Å²) >= 11 is 0. The van der Waals surface area contributed by atoms with E-state index in [1.165, 1.54) is 36.9 Å². The largest absolute Gasteiger partial charge is 0.367 e. The highest BCUT2D eigenvalue weighted by Crippen LogP contribution is 2.28. The minimum absolute atomic E-state index is 0.676. The van der Waals surface area contributed by atoms with E-state index in [1.54, 1.807) is 6.33 Å². The van der Waals surface area contributed by atoms with E-state index in [9.17, 15) is 0 Å². The van der Waals surface area contributed by atoms with Crippen molar-refractivity contribution in [2.24, 2.45) is 0 Å². The van der Waals surface area contributed by atoms with Crippen LogP contribution in [-0.4, -0.2) is 16.0 Å². The first-order chi connectivity index (χ1) is 6.93. The Labute approximate surface area is 84.0 Å². The van der Waals surface area contributed by atoms with Gasteiger partial charge >= 0.3 is 0 Å². The number of fused-ring (bicyclic) bond motifs is 1. The smallest absolute Gasteiger partial charge is 0.133 e. The van der Waals surface area contributed by atoms with E-state index in [-0.39, 0.29) is 0 Å². The molecule has 0 aliphatic heterocycles. The van der Waals surface area contributed by atoms with Gasteiger partial charge in [0.2, 0.25) is 0 Å². The fourth-order valence-electron chi connectivity index (χ4n) is 2.23. The van der Waals surface area contributed by atoms with E-state index in [0.29, 0.717) is 6.04 Å². The number of nitrogens with one attached hydrogen (secondary N) is 1. The fourth-order valence-corrected chi connectivity index (χ4v) is 2.23. The molecule has 2 aliphatic carbocycles. The lowest BCUT2D eigenvalue weighted by Crippen LogP contribution is -2.28. The van der Waals surface area contributed by atoms with Crippen LogP contribution in [0.3, 0.4) is 0 Å². The van der Waals surface area contributed by atoms with Crippen molar-refractivity contribution >= 4 is 5.82 Å². The number of hydrogen-bond donors (Lipinski definition) is 1. The lowest BCUT2D eigenvalue weighted by molar-refractivity contribution is 0.444. The average Bonchev–Trinajstić information content (AvgIpc) is 2.59. The van der Waals surface area contributed by atoms with Crippen LogP contribution in [-0.2, 0) is 12.8 Å². The van der Waals surface area contributed by atoms with Crippen LogP contribution in [0.4, 0.5) is 5.82 Å². The van der Waals surface area contributed by atoms with Crippen LogP contribution in [0.1, 0.15) is 36.9 Å². The first kappa shape index (κ1) is 8.21. The molecule has 3 nitrogen and oxygen atoms in total. The molecular formula is C11H15N3. The van der Waals surface area contributed by atoms with E-state index in [1.807, 2.05) is 0 Å². The van der Waals surface area contributed by atoms with Crippen molar-refractivity contribution in [1.29, 1.82) is 0 Å². The van der Waals surface area contributed by atoms with Crippen molar-refractivity contribution in [3.05, 3.63) is 17.6 Å². The minimum Gasteiger partial charge on any atom is -0.367 e. The summed E-state index contributed by atoms with van der Waals surface area (Å²) in [5, 5.41) is 3.53. The molecular weight excluding hydrogens is 174 g/mol. The van der Waals surface area contributed by atoms with Crippen LogP contribution in [0.5, 0.6) is 0 Å². The molecule has 1 saturated carbocycles. The molecule has 1 heterocycles. The quantitative estimate of drug-likeness (QED) is 0.772. The van der Waals surface area contributed by atoms with Crippen molar-refractivity contribution in [3.8, 4) is 0 Å². The van der Waals surface area contributed by atoms with Gasteiger partial charge in [0, 0.05) is 17.3 Å². The summed E-state index contributed by atoms with van der Waals surface area (Å²) in [6.07, 6.45) is 9.21. The standard InChI is InChI=1S/C11H15N3/c1-3-8(4-1)14-11-9-5-2-6-10(9)12-7-13-11/h7-8H,1-6H2,(H,12,13,14). The molecule has 3 rings (SSSR count). The average molecular weight is 189 g/mol. The maximum atomic E-state index is 4.35. The molecule has 0 atom stereocenters. The summed E-state index contributed by atoms with van der Waals surface area (Å²) in [4.78, 5) is 8.67. The van der Waals surface area contributed by atoms with Crippen molar-refractivity contribution in [2.45, 2.75) is 44.6 Å². The monoisotopic (exact) mass is 189 g/mol. The Morgan fingerprint density at radius 1 is 1.14 bits per heavy atom. The van der Waals surface area contributed by atoms with Crippen LogP contribution in [0.25, 0.3) is 0 Å². The van der Waals surface area contributed by atoms with Crippen molar-refractivity contribution < 1.29 is 0 Å². The number of aromatic nitrogens is 2. The molecule has 0 bridgehead atoms. The van der Waals surface area contributed by atoms with E-state index >= 15 is 0 Å². The molecule has 14 heavy (non-hydrogen) atoms. The zero-order chi connectivity index (χ0) is 9.38. The third-order valence-electron chi connectivity index (χ3n) is 3.32. The Morgan fingerprint density at radius 3 is 2.86 bits per heavy atom. The van der Waals surface area contributed by atoms with Gasteiger partial charge in [-0.15, -0.1) is 0 Å². The van der Waals surface area contributed by atoms with Crippen molar-refractivity contribution in [2.75, 3.05) is 5.32 Å². The molecule has 0 unspecified atom stereocenters. The molecule has 3 heteroatoms. The zero-order valence-corrected chi connectivity index (χ0v) is 8.29. The summed E-state index contributed by atoms with van der Waals surface area (Å²) in [5.41, 5.74) is 2.64. The van der Waals surface area contributed by atoms with Crippen LogP contribution in [0.2, 0.25) is 0 Å². The van der Waals surface area contributed by atoms with E-state index in [2.05, 4.69) is 15.3 Å². The maximum Gasteiger partial charge on any atom is 0.133 e. The second kappa shape index (κ2) is 3.23. The molecule has 1 aromatic rings. The molecule has 2 aliphatic rings. The Balaban J connectivity index is 1.85. The molecule has 1 aromatic heterocycles. The number of hydrogen-bond acceptors (Lipinski definition) is 3. The molecule has 0 radical (unpaired) electrons. The van der Waals surface area contributed by atoms with Gasteiger partial charge in [0.15, 0.2) is 0 Å². The first-order valence-electron chi connectivity index (χ1n) is 5.53. The van der Waals surface area contributed by atoms with Crippen molar-refractivity contribution in [1.82, 2.24) is 9.97 Å². The van der Waals surface area contributed by atoms with E-state index in [0.717, 1.165) is 18.7 Å². The predicted molar refractivity (Wildman–Crippen MR) is 55.3 cm³/mol. The van der Waals surface area contributed by atoms with Crippen LogP contribution >= 0.6 is 0 Å². The SMILES string of the molecule is c1nc2c(c(NC3CCC3)n1)CCC2. The summed E-state index contributed by atoms with van der Waals surface area (Å²) in [6.45, 7) is 0. The van der Waals surface area contributed by atoms with Gasteiger partial charge in [-0.2, -0.15) is 0 Å². The summed E-state index contributed by atoms with van der Waals surface area (Å²) < 4.78 is 0. The zero-order valence-electron chi connectivity index (χ0n) is 8.29. The molecule has 0 amide bonds. The highest BCUT2D eigenvalue weighted by atomic mass is 15.0. The Bertz CT molecular complexity index is 344. The van der Waals surface area contributed by atoms with E-state index in [4.69, 9.17) is 0 Å². The first-order valence-corrected chi connectivity index (χ1v) is 5.53. The normalized spacial score (nSPS) is 20.3. The minimum atomic E-state index is 0.676. The third kappa shape index (κ3) is 1.27. The van der Waals surface area contributed by atoms with Crippen LogP contribution in [0.15, 0.2) is 6.33 Å². The van der Waals surface area contributed by atoms with Gasteiger partial charge in [-0.25, -0.2) is 9.97 Å². The molecule has 0 saturated heterocycles. The molecule has 74 valence electrons. The van der Waals surface area contributed by atoms with Crippen LogP contribution < -0.4 is 5.32 Å². The number of anilines is 1. The summed E-state index contributed by atoms with van der Waals surface area (Å²) in [6, 6.07) is 0.676. The topological polar surface area (TPSA) is 37.8 Å².